The predicted octanol–water partition coefficient (Wildman–Crippen LogP) is 3.23. The zero-order valence-corrected chi connectivity index (χ0v) is 10.7. The van der Waals surface area contributed by atoms with Crippen LogP contribution in [0.25, 0.3) is 0 Å². The summed E-state index contributed by atoms with van der Waals surface area (Å²) in [6.07, 6.45) is 8.84. The lowest BCUT2D eigenvalue weighted by Crippen LogP contribution is -2.11. The molecule has 1 aliphatic rings. The number of thioether (sulfide) groups is 1. The Hall–Kier alpha value is -0.540. The third-order valence-electron chi connectivity index (χ3n) is 3.05. The summed E-state index contributed by atoms with van der Waals surface area (Å²) < 4.78 is 0. The maximum Gasteiger partial charge on any atom is 0.101 e. The monoisotopic (exact) mass is 236 g/mol. The Bertz CT molecular complexity index is 321. The zero-order valence-electron chi connectivity index (χ0n) is 9.91. The maximum atomic E-state index is 4.51. The number of rotatable bonds is 4. The lowest BCUT2D eigenvalue weighted by Gasteiger charge is -2.21. The van der Waals surface area contributed by atoms with Gasteiger partial charge in [-0.25, -0.2) is 4.98 Å². The van der Waals surface area contributed by atoms with Crippen LogP contribution in [-0.4, -0.2) is 17.3 Å². The second-order valence-corrected chi connectivity index (χ2v) is 5.66. The minimum Gasteiger partial charge on any atom is -0.316 e. The summed E-state index contributed by atoms with van der Waals surface area (Å²) in [4.78, 5) is 4.51. The molecule has 1 aromatic heterocycles. The molecule has 1 heterocycles. The third kappa shape index (κ3) is 3.22. The molecule has 16 heavy (non-hydrogen) atoms. The second-order valence-electron chi connectivity index (χ2n) is 4.38. The molecule has 0 aromatic carbocycles. The van der Waals surface area contributed by atoms with Gasteiger partial charge >= 0.3 is 0 Å². The molecule has 0 aliphatic heterocycles. The highest BCUT2D eigenvalue weighted by molar-refractivity contribution is 7.99. The van der Waals surface area contributed by atoms with E-state index in [0.717, 1.165) is 11.8 Å². The summed E-state index contributed by atoms with van der Waals surface area (Å²) in [5.41, 5.74) is 1.33. The van der Waals surface area contributed by atoms with Crippen LogP contribution in [0, 0.1) is 0 Å². The van der Waals surface area contributed by atoms with E-state index in [1.165, 1.54) is 42.7 Å². The Morgan fingerprint density at radius 2 is 2.19 bits per heavy atom. The first-order valence-electron chi connectivity index (χ1n) is 6.15. The molecule has 2 rings (SSSR count). The number of nitrogens with one attached hydrogen (secondary N) is 1. The van der Waals surface area contributed by atoms with E-state index in [9.17, 15) is 0 Å². The number of hydrogen-bond donors (Lipinski definition) is 1. The van der Waals surface area contributed by atoms with Crippen molar-refractivity contribution in [2.24, 2.45) is 0 Å². The minimum absolute atomic E-state index is 0.791. The van der Waals surface area contributed by atoms with Crippen molar-refractivity contribution in [1.82, 2.24) is 10.3 Å². The van der Waals surface area contributed by atoms with Crippen LogP contribution in [0.5, 0.6) is 0 Å². The molecule has 0 saturated heterocycles. The van der Waals surface area contributed by atoms with Gasteiger partial charge in [0, 0.05) is 18.0 Å². The molecule has 0 spiro atoms. The van der Waals surface area contributed by atoms with Gasteiger partial charge < -0.3 is 5.32 Å². The van der Waals surface area contributed by atoms with Gasteiger partial charge in [0.15, 0.2) is 0 Å². The van der Waals surface area contributed by atoms with E-state index in [0.29, 0.717) is 0 Å². The molecule has 2 nitrogen and oxygen atoms in total. The molecule has 0 unspecified atom stereocenters. The fourth-order valence-corrected chi connectivity index (χ4v) is 3.49. The highest BCUT2D eigenvalue weighted by Gasteiger charge is 2.16. The van der Waals surface area contributed by atoms with Crippen LogP contribution < -0.4 is 5.32 Å². The Morgan fingerprint density at radius 1 is 1.38 bits per heavy atom. The largest absolute Gasteiger partial charge is 0.316 e. The van der Waals surface area contributed by atoms with Gasteiger partial charge in [0.1, 0.15) is 5.03 Å². The van der Waals surface area contributed by atoms with Gasteiger partial charge in [0.25, 0.3) is 0 Å². The molecule has 1 saturated carbocycles. The SMILES string of the molecule is CNCc1cccnc1SC1CCCCC1. The first-order chi connectivity index (χ1) is 7.90. The van der Waals surface area contributed by atoms with Gasteiger partial charge in [-0.05, 0) is 31.5 Å². The summed E-state index contributed by atoms with van der Waals surface area (Å²) in [7, 11) is 1.99. The molecule has 1 aliphatic carbocycles. The van der Waals surface area contributed by atoms with Crippen molar-refractivity contribution in [3.63, 3.8) is 0 Å². The van der Waals surface area contributed by atoms with E-state index >= 15 is 0 Å². The van der Waals surface area contributed by atoms with Crippen molar-refractivity contribution in [2.75, 3.05) is 7.05 Å². The van der Waals surface area contributed by atoms with E-state index in [1.807, 2.05) is 31.1 Å². The molecule has 0 radical (unpaired) electrons. The quantitative estimate of drug-likeness (QED) is 0.869. The van der Waals surface area contributed by atoms with Crippen LogP contribution >= 0.6 is 11.8 Å². The Balaban J connectivity index is 2.01. The van der Waals surface area contributed by atoms with E-state index < -0.39 is 0 Å². The minimum atomic E-state index is 0.791. The normalized spacial score (nSPS) is 17.6. The van der Waals surface area contributed by atoms with Crippen LogP contribution in [0.1, 0.15) is 37.7 Å². The van der Waals surface area contributed by atoms with E-state index in [-0.39, 0.29) is 0 Å². The molecule has 88 valence electrons. The maximum absolute atomic E-state index is 4.51. The smallest absolute Gasteiger partial charge is 0.101 e. The van der Waals surface area contributed by atoms with Gasteiger partial charge in [-0.3, -0.25) is 0 Å². The van der Waals surface area contributed by atoms with Crippen LogP contribution in [0.15, 0.2) is 23.4 Å². The van der Waals surface area contributed by atoms with Crippen LogP contribution in [0.3, 0.4) is 0 Å². The lowest BCUT2D eigenvalue weighted by atomic mass is 10.0. The van der Waals surface area contributed by atoms with Crippen LogP contribution in [0.4, 0.5) is 0 Å². The Morgan fingerprint density at radius 3 is 2.94 bits per heavy atom. The molecule has 0 amide bonds. The first kappa shape index (κ1) is 11.9. The van der Waals surface area contributed by atoms with E-state index in [4.69, 9.17) is 0 Å². The van der Waals surface area contributed by atoms with Gasteiger partial charge in [-0.15, -0.1) is 11.8 Å². The van der Waals surface area contributed by atoms with Crippen LogP contribution in [-0.2, 0) is 6.54 Å². The summed E-state index contributed by atoms with van der Waals surface area (Å²) in [6, 6.07) is 4.20. The molecular formula is C13H20N2S. The molecular weight excluding hydrogens is 216 g/mol. The number of aromatic nitrogens is 1. The number of hydrogen-bond acceptors (Lipinski definition) is 3. The molecule has 1 aromatic rings. The van der Waals surface area contributed by atoms with Crippen molar-refractivity contribution in [3.05, 3.63) is 23.9 Å². The Labute approximate surface area is 102 Å². The first-order valence-corrected chi connectivity index (χ1v) is 7.03. The van der Waals surface area contributed by atoms with Crippen molar-refractivity contribution in [3.8, 4) is 0 Å². The summed E-state index contributed by atoms with van der Waals surface area (Å²) in [5, 5.41) is 5.22. The van der Waals surface area contributed by atoms with Gasteiger partial charge in [0.2, 0.25) is 0 Å². The van der Waals surface area contributed by atoms with E-state index in [2.05, 4.69) is 16.4 Å². The Kier molecular flexibility index (Phi) is 4.67. The summed E-state index contributed by atoms with van der Waals surface area (Å²) >= 11 is 1.98. The standard InChI is InChI=1S/C13H20N2S/c1-14-10-11-6-5-9-15-13(11)16-12-7-3-2-4-8-12/h5-6,9,12,14H,2-4,7-8,10H2,1H3. The average molecular weight is 236 g/mol. The summed E-state index contributed by atoms with van der Waals surface area (Å²) in [6.45, 7) is 0.920. The molecule has 3 heteroatoms. The predicted molar refractivity (Wildman–Crippen MR) is 69.7 cm³/mol. The fourth-order valence-electron chi connectivity index (χ4n) is 2.20. The molecule has 0 atom stereocenters. The number of nitrogens with zero attached hydrogens (tertiary/aromatic N) is 1. The van der Waals surface area contributed by atoms with E-state index in [1.54, 1.807) is 0 Å². The topological polar surface area (TPSA) is 24.9 Å². The average Bonchev–Trinajstić information content (AvgIpc) is 2.33. The molecule has 1 fully saturated rings. The van der Waals surface area contributed by atoms with Crippen molar-refractivity contribution < 1.29 is 0 Å². The van der Waals surface area contributed by atoms with Crippen LogP contribution in [0.2, 0.25) is 0 Å². The molecule has 1 N–H and O–H groups in total. The van der Waals surface area contributed by atoms with Gasteiger partial charge in [-0.1, -0.05) is 25.3 Å². The summed E-state index contributed by atoms with van der Waals surface area (Å²) in [5.74, 6) is 0. The van der Waals surface area contributed by atoms with Crippen molar-refractivity contribution in [1.29, 1.82) is 0 Å². The lowest BCUT2D eigenvalue weighted by molar-refractivity contribution is 0.515. The molecule has 0 bridgehead atoms. The second kappa shape index (κ2) is 6.26. The third-order valence-corrected chi connectivity index (χ3v) is 4.44. The van der Waals surface area contributed by atoms with Gasteiger partial charge in [0.05, 0.1) is 0 Å². The zero-order chi connectivity index (χ0) is 11.2. The highest BCUT2D eigenvalue weighted by Crippen LogP contribution is 2.33. The van der Waals surface area contributed by atoms with Gasteiger partial charge in [-0.2, -0.15) is 0 Å². The highest BCUT2D eigenvalue weighted by atomic mass is 32.2. The fraction of sp³-hybridized carbons (Fsp3) is 0.615. The van der Waals surface area contributed by atoms with Crippen molar-refractivity contribution in [2.45, 2.75) is 48.9 Å². The number of pyridine rings is 1. The van der Waals surface area contributed by atoms with Crippen molar-refractivity contribution >= 4 is 11.8 Å².